The molecule has 0 atom stereocenters. The number of nitriles is 1. The van der Waals surface area contributed by atoms with E-state index in [1.165, 1.54) is 0 Å². The Balaban J connectivity index is 2.21. The van der Waals surface area contributed by atoms with E-state index >= 15 is 0 Å². The molecule has 2 rings (SSSR count). The van der Waals surface area contributed by atoms with Crippen LogP contribution in [0.15, 0.2) is 29.6 Å². The van der Waals surface area contributed by atoms with Crippen LogP contribution in [0.5, 0.6) is 0 Å². The number of pyridine rings is 2. The highest BCUT2D eigenvalue weighted by Gasteiger charge is 2.15. The second kappa shape index (κ2) is 6.72. The fourth-order valence-electron chi connectivity index (χ4n) is 1.44. The van der Waals surface area contributed by atoms with Gasteiger partial charge < -0.3 is 0 Å². The molecule has 0 fully saturated rings. The molecule has 0 aliphatic heterocycles. The molecule has 1 N–H and O–H groups in total. The first kappa shape index (κ1) is 15.5. The van der Waals surface area contributed by atoms with E-state index in [0.717, 1.165) is 5.56 Å². The lowest BCUT2D eigenvalue weighted by Gasteiger charge is -2.06. The van der Waals surface area contributed by atoms with Crippen molar-refractivity contribution >= 4 is 46.8 Å². The first-order chi connectivity index (χ1) is 10.0. The summed E-state index contributed by atoms with van der Waals surface area (Å²) in [6.07, 6.45) is 5.38. The molecule has 0 aromatic carbocycles. The summed E-state index contributed by atoms with van der Waals surface area (Å²) < 4.78 is 1.91. The van der Waals surface area contributed by atoms with Crippen LogP contribution < -0.4 is 9.99 Å². The van der Waals surface area contributed by atoms with Crippen LogP contribution in [0.25, 0.3) is 0 Å². The summed E-state index contributed by atoms with van der Waals surface area (Å²) in [5, 5.41) is 13.0. The van der Waals surface area contributed by atoms with Crippen LogP contribution in [0.3, 0.4) is 0 Å². The Morgan fingerprint density at radius 2 is 1.95 bits per heavy atom. The van der Waals surface area contributed by atoms with Gasteiger partial charge in [0, 0.05) is 17.7 Å². The SMILES string of the molecule is C[n+]1ccc(/C=N/Nc2nc(Cl)c(C#N)c(Cl)c2Cl)cc1. The third kappa shape index (κ3) is 3.61. The van der Waals surface area contributed by atoms with Crippen LogP contribution in [-0.2, 0) is 7.05 Å². The molecule has 0 unspecified atom stereocenters. The number of nitrogens with one attached hydrogen (secondary N) is 1. The first-order valence-corrected chi connectivity index (χ1v) is 6.85. The molecular formula is C13H9Cl3N5+. The number of hydrazone groups is 1. The smallest absolute Gasteiger partial charge is 0.169 e. The molecule has 2 aromatic rings. The fraction of sp³-hybridized carbons (Fsp3) is 0.0769. The first-order valence-electron chi connectivity index (χ1n) is 5.72. The molecule has 2 heterocycles. The van der Waals surface area contributed by atoms with Gasteiger partial charge in [-0.3, -0.25) is 5.43 Å². The fourth-order valence-corrected chi connectivity index (χ4v) is 2.11. The summed E-state index contributed by atoms with van der Waals surface area (Å²) in [5.74, 6) is 0.184. The number of halogens is 3. The highest BCUT2D eigenvalue weighted by Crippen LogP contribution is 2.34. The van der Waals surface area contributed by atoms with Gasteiger partial charge in [0.15, 0.2) is 23.4 Å². The number of anilines is 1. The van der Waals surface area contributed by atoms with Gasteiger partial charge in [-0.15, -0.1) is 0 Å². The molecule has 0 aliphatic rings. The maximum Gasteiger partial charge on any atom is 0.169 e. The van der Waals surface area contributed by atoms with Crippen molar-refractivity contribution in [1.82, 2.24) is 4.98 Å². The van der Waals surface area contributed by atoms with Gasteiger partial charge in [0.05, 0.1) is 11.2 Å². The number of aromatic nitrogens is 2. The quantitative estimate of drug-likeness (QED) is 0.403. The minimum atomic E-state index is -0.0312. The zero-order chi connectivity index (χ0) is 15.4. The number of hydrogen-bond acceptors (Lipinski definition) is 4. The summed E-state index contributed by atoms with van der Waals surface area (Å²) in [6.45, 7) is 0. The van der Waals surface area contributed by atoms with Crippen molar-refractivity contribution in [3.05, 3.63) is 50.9 Å². The molecule has 0 saturated heterocycles. The van der Waals surface area contributed by atoms with Crippen LogP contribution >= 0.6 is 34.8 Å². The van der Waals surface area contributed by atoms with Gasteiger partial charge in [0.25, 0.3) is 0 Å². The molecule has 2 aromatic heterocycles. The van der Waals surface area contributed by atoms with Gasteiger partial charge in [-0.25, -0.2) is 9.55 Å². The average Bonchev–Trinajstić information content (AvgIpc) is 2.47. The van der Waals surface area contributed by atoms with Crippen LogP contribution in [-0.4, -0.2) is 11.2 Å². The minimum absolute atomic E-state index is 0.0312. The Labute approximate surface area is 136 Å². The molecule has 8 heteroatoms. The van der Waals surface area contributed by atoms with Crippen LogP contribution in [0.1, 0.15) is 11.1 Å². The highest BCUT2D eigenvalue weighted by molar-refractivity contribution is 6.45. The third-order valence-corrected chi connectivity index (χ3v) is 3.65. The summed E-state index contributed by atoms with van der Waals surface area (Å²) in [4.78, 5) is 3.95. The number of nitrogens with zero attached hydrogens (tertiary/aromatic N) is 4. The number of hydrogen-bond donors (Lipinski definition) is 1. The van der Waals surface area contributed by atoms with Gasteiger partial charge in [0.1, 0.15) is 23.7 Å². The standard InChI is InChI=1S/C13H8Cl3N5/c1-21-4-2-8(3-5-21)7-18-20-13-11(15)10(14)9(6-17)12(16)19-13/h2-5,7H,1H3/p+1. The molecule has 0 aliphatic carbocycles. The van der Waals surface area contributed by atoms with E-state index in [1.54, 1.807) is 6.21 Å². The van der Waals surface area contributed by atoms with Crippen molar-refractivity contribution in [3.8, 4) is 6.07 Å². The predicted molar refractivity (Wildman–Crippen MR) is 82.8 cm³/mol. The zero-order valence-corrected chi connectivity index (χ0v) is 13.1. The Hall–Kier alpha value is -1.87. The largest absolute Gasteiger partial charge is 0.260 e. The molecular weight excluding hydrogens is 333 g/mol. The second-order valence-electron chi connectivity index (χ2n) is 4.03. The van der Waals surface area contributed by atoms with Crippen molar-refractivity contribution in [2.75, 3.05) is 5.43 Å². The summed E-state index contributed by atoms with van der Waals surface area (Å²) >= 11 is 17.8. The Bertz CT molecular complexity index is 735. The molecule has 0 bridgehead atoms. The topological polar surface area (TPSA) is 64.9 Å². The van der Waals surface area contributed by atoms with Gasteiger partial charge in [-0.05, 0) is 0 Å². The third-order valence-electron chi connectivity index (χ3n) is 2.54. The Morgan fingerprint density at radius 3 is 2.57 bits per heavy atom. The lowest BCUT2D eigenvalue weighted by atomic mass is 10.3. The monoisotopic (exact) mass is 340 g/mol. The molecule has 0 saturated carbocycles. The van der Waals surface area contributed by atoms with E-state index in [2.05, 4.69) is 15.5 Å². The second-order valence-corrected chi connectivity index (χ2v) is 5.15. The summed E-state index contributed by atoms with van der Waals surface area (Å²) in [5.41, 5.74) is 3.58. The van der Waals surface area contributed by atoms with Crippen molar-refractivity contribution in [3.63, 3.8) is 0 Å². The minimum Gasteiger partial charge on any atom is -0.260 e. The zero-order valence-electron chi connectivity index (χ0n) is 10.8. The van der Waals surface area contributed by atoms with Crippen LogP contribution in [0, 0.1) is 11.3 Å². The summed E-state index contributed by atoms with van der Waals surface area (Å²) in [6, 6.07) is 5.62. The molecule has 0 spiro atoms. The van der Waals surface area contributed by atoms with Gasteiger partial charge in [-0.1, -0.05) is 34.8 Å². The number of aryl methyl sites for hydroxylation is 1. The van der Waals surface area contributed by atoms with Crippen LogP contribution in [0.4, 0.5) is 5.82 Å². The maximum atomic E-state index is 8.89. The maximum absolute atomic E-state index is 8.89. The number of rotatable bonds is 3. The normalized spacial score (nSPS) is 10.6. The molecule has 0 amide bonds. The van der Waals surface area contributed by atoms with Crippen molar-refractivity contribution in [1.29, 1.82) is 5.26 Å². The predicted octanol–water partition coefficient (Wildman–Crippen LogP) is 3.18. The van der Waals surface area contributed by atoms with Crippen molar-refractivity contribution < 1.29 is 4.57 Å². The Kier molecular flexibility index (Phi) is 4.97. The van der Waals surface area contributed by atoms with Gasteiger partial charge in [-0.2, -0.15) is 10.4 Å². The van der Waals surface area contributed by atoms with E-state index in [4.69, 9.17) is 40.1 Å². The van der Waals surface area contributed by atoms with E-state index in [0.29, 0.717) is 0 Å². The molecule has 0 radical (unpaired) electrons. The average molecular weight is 342 g/mol. The van der Waals surface area contributed by atoms with Gasteiger partial charge >= 0.3 is 0 Å². The van der Waals surface area contributed by atoms with E-state index < -0.39 is 0 Å². The van der Waals surface area contributed by atoms with Crippen molar-refractivity contribution in [2.45, 2.75) is 0 Å². The van der Waals surface area contributed by atoms with E-state index in [1.807, 2.05) is 42.2 Å². The molecule has 5 nitrogen and oxygen atoms in total. The van der Waals surface area contributed by atoms with E-state index in [9.17, 15) is 0 Å². The van der Waals surface area contributed by atoms with E-state index in [-0.39, 0.29) is 26.6 Å². The van der Waals surface area contributed by atoms with Crippen molar-refractivity contribution in [2.24, 2.45) is 12.1 Å². The van der Waals surface area contributed by atoms with Crippen LogP contribution in [0.2, 0.25) is 15.2 Å². The lowest BCUT2D eigenvalue weighted by Crippen LogP contribution is -2.25. The lowest BCUT2D eigenvalue weighted by molar-refractivity contribution is -0.671. The summed E-state index contributed by atoms with van der Waals surface area (Å²) in [7, 11) is 1.92. The Morgan fingerprint density at radius 1 is 1.29 bits per heavy atom. The molecule has 21 heavy (non-hydrogen) atoms. The molecule has 106 valence electrons. The highest BCUT2D eigenvalue weighted by atomic mass is 35.5. The van der Waals surface area contributed by atoms with Gasteiger partial charge in [0.2, 0.25) is 0 Å².